The second-order valence-corrected chi connectivity index (χ2v) is 31.1. The number of halogens is 4. The average molecular weight is 896 g/mol. The Bertz CT molecular complexity index is 2530. The van der Waals surface area contributed by atoms with Crippen LogP contribution in [0.2, 0.25) is 10.0 Å². The quantitative estimate of drug-likeness (QED) is 0.156. The monoisotopic (exact) mass is 892 g/mol. The molecule has 2 aliphatic carbocycles. The molecule has 0 nitrogen and oxygen atoms in total. The molecule has 6 aromatic rings. The van der Waals surface area contributed by atoms with E-state index >= 15 is 0 Å². The van der Waals surface area contributed by atoms with Gasteiger partial charge in [-0.2, -0.15) is 0 Å². The molecule has 2 aliphatic rings. The Labute approximate surface area is 357 Å². The molecule has 8 rings (SSSR count). The van der Waals surface area contributed by atoms with Crippen molar-refractivity contribution in [3.8, 4) is 33.4 Å². The predicted molar refractivity (Wildman–Crippen MR) is 248 cm³/mol. The molecule has 0 saturated heterocycles. The van der Waals surface area contributed by atoms with Gasteiger partial charge in [0.2, 0.25) is 0 Å². The van der Waals surface area contributed by atoms with E-state index in [1.807, 2.05) is 12.1 Å². The summed E-state index contributed by atoms with van der Waals surface area (Å²) in [7, 11) is 0. The predicted octanol–water partition coefficient (Wildman–Crippen LogP) is 13.6. The van der Waals surface area contributed by atoms with Crippen LogP contribution >= 0.6 is 48.0 Å². The molecular weight excluding hydrogens is 846 g/mol. The number of hydrogen-bond donors (Lipinski definition) is 0. The van der Waals surface area contributed by atoms with Crippen molar-refractivity contribution in [1.29, 1.82) is 0 Å². The Morgan fingerprint density at radius 3 is 1.61 bits per heavy atom. The fourth-order valence-electron chi connectivity index (χ4n) is 9.47. The summed E-state index contributed by atoms with van der Waals surface area (Å²) in [6.45, 7) is 14.1. The summed E-state index contributed by atoms with van der Waals surface area (Å²) in [6, 6.07) is 46.8. The van der Waals surface area contributed by atoms with Crippen molar-refractivity contribution < 1.29 is 18.3 Å². The molecule has 0 saturated carbocycles. The summed E-state index contributed by atoms with van der Waals surface area (Å²) in [4.78, 5) is 0. The molecule has 0 N–H and O–H groups in total. The van der Waals surface area contributed by atoms with Crippen molar-refractivity contribution in [2.24, 2.45) is 0 Å². The van der Waals surface area contributed by atoms with Gasteiger partial charge in [0.25, 0.3) is 0 Å². The SMILES string of the molecule is Cl.Cl.[CH2]=[Zr]([C]1=CC=CC1)([c]1cccc(Cl)c1)([c]1cccc(Cl)c1)[c]1c2c(cc(C(C)(C)C)c1-c1ccccc1)-c1cc(C(C)(C)C)c(-c3ccccc3)cc1C2. The van der Waals surface area contributed by atoms with Crippen LogP contribution in [0.3, 0.4) is 0 Å². The van der Waals surface area contributed by atoms with Crippen LogP contribution in [0.1, 0.15) is 70.2 Å². The van der Waals surface area contributed by atoms with Gasteiger partial charge < -0.3 is 0 Å². The Morgan fingerprint density at radius 1 is 0.571 bits per heavy atom. The summed E-state index contributed by atoms with van der Waals surface area (Å²) in [6.07, 6.45) is 8.55. The molecule has 0 unspecified atom stereocenters. The number of fused-ring (bicyclic) bond motifs is 3. The van der Waals surface area contributed by atoms with Crippen molar-refractivity contribution in [2.45, 2.75) is 65.2 Å². The van der Waals surface area contributed by atoms with Gasteiger partial charge >= 0.3 is 335 Å². The molecule has 0 heterocycles. The molecule has 5 heteroatoms. The van der Waals surface area contributed by atoms with E-state index in [4.69, 9.17) is 27.4 Å². The third-order valence-electron chi connectivity index (χ3n) is 12.1. The average Bonchev–Trinajstić information content (AvgIpc) is 3.83. The summed E-state index contributed by atoms with van der Waals surface area (Å²) < 4.78 is 11.1. The van der Waals surface area contributed by atoms with Crippen LogP contribution in [-0.4, -0.2) is 4.21 Å². The van der Waals surface area contributed by atoms with Crippen LogP contribution < -0.4 is 9.81 Å². The topological polar surface area (TPSA) is 0 Å². The van der Waals surface area contributed by atoms with Crippen LogP contribution in [0, 0.1) is 0 Å². The summed E-state index contributed by atoms with van der Waals surface area (Å²) in [5, 5.41) is 1.45. The summed E-state index contributed by atoms with van der Waals surface area (Å²) >= 11 is 8.79. The zero-order chi connectivity index (χ0) is 38.1. The first-order chi connectivity index (χ1) is 25.7. The molecule has 0 aromatic heterocycles. The van der Waals surface area contributed by atoms with Gasteiger partial charge in [-0.15, -0.1) is 24.8 Å². The molecule has 0 aliphatic heterocycles. The van der Waals surface area contributed by atoms with E-state index in [2.05, 4.69) is 175 Å². The minimum absolute atomic E-state index is 0. The maximum absolute atomic E-state index is 7.06. The Morgan fingerprint density at radius 2 is 1.11 bits per heavy atom. The fourth-order valence-corrected chi connectivity index (χ4v) is 26.5. The van der Waals surface area contributed by atoms with Crippen molar-refractivity contribution in [2.75, 3.05) is 0 Å². The van der Waals surface area contributed by atoms with E-state index in [1.54, 1.807) is 0 Å². The first-order valence-corrected chi connectivity index (χ1v) is 26.5. The Kier molecular flexibility index (Phi) is 11.7. The standard InChI is InChI=1S/C33H33.2C6H4Cl.C5H5.CH2.2ClH.Zr/c1-32(2,3)30-20-26-24(18-28(30)22-13-9-7-10-14-22)17-25-19-29(23-15-11-8-12-16-23)31(21-27(25)26)33(4,5)6;2*7-6-4-2-1-3-5-6;1-2-4-5-3-1;;;;/h7-16,18,20-21H,17H2,1-6H3;2*1-2,4-5H;1-3H,4H2;1H2;2*1H;. The molecule has 286 valence electrons. The van der Waals surface area contributed by atoms with E-state index < -0.39 is 18.3 Å². The molecule has 0 spiro atoms. The molecule has 6 aromatic carbocycles. The van der Waals surface area contributed by atoms with E-state index in [0.717, 1.165) is 22.9 Å². The van der Waals surface area contributed by atoms with E-state index in [-0.39, 0.29) is 35.6 Å². The van der Waals surface area contributed by atoms with Gasteiger partial charge in [0, 0.05) is 0 Å². The Balaban J connectivity index is 0.00000266. The van der Waals surface area contributed by atoms with E-state index in [9.17, 15) is 0 Å². The van der Waals surface area contributed by atoms with Gasteiger partial charge in [-0.05, 0) is 0 Å². The Hall–Kier alpha value is -3.29. The maximum atomic E-state index is 7.06. The molecule has 0 atom stereocenters. The number of hydrogen-bond acceptors (Lipinski definition) is 0. The molecule has 0 fully saturated rings. The molecule has 0 amide bonds. The second kappa shape index (κ2) is 15.5. The summed E-state index contributed by atoms with van der Waals surface area (Å²) in [5.41, 5.74) is 12.9. The first kappa shape index (κ1) is 42.3. The third-order valence-corrected chi connectivity index (χ3v) is 28.8. The van der Waals surface area contributed by atoms with E-state index in [1.165, 1.54) is 68.7 Å². The van der Waals surface area contributed by atoms with Crippen LogP contribution in [0.25, 0.3) is 33.4 Å². The van der Waals surface area contributed by atoms with Gasteiger partial charge in [0.05, 0.1) is 0 Å². The first-order valence-electron chi connectivity index (χ1n) is 19.1. The second-order valence-electron chi connectivity index (χ2n) is 17.5. The minimum atomic E-state index is -5.33. The number of benzene rings is 6. The van der Waals surface area contributed by atoms with Crippen molar-refractivity contribution in [1.82, 2.24) is 0 Å². The summed E-state index contributed by atoms with van der Waals surface area (Å²) in [5.74, 6) is 0. The van der Waals surface area contributed by atoms with Crippen LogP contribution in [-0.2, 0) is 35.5 Å². The van der Waals surface area contributed by atoms with Gasteiger partial charge in [-0.1, -0.05) is 0 Å². The van der Waals surface area contributed by atoms with Gasteiger partial charge in [-0.3, -0.25) is 0 Å². The third kappa shape index (κ3) is 6.80. The zero-order valence-electron chi connectivity index (χ0n) is 33.1. The zero-order valence-corrected chi connectivity index (χ0v) is 38.7. The van der Waals surface area contributed by atoms with Gasteiger partial charge in [-0.25, -0.2) is 0 Å². The number of allylic oxidation sites excluding steroid dienone is 4. The van der Waals surface area contributed by atoms with Crippen molar-refractivity contribution >= 4 is 62.0 Å². The van der Waals surface area contributed by atoms with E-state index in [0.29, 0.717) is 0 Å². The van der Waals surface area contributed by atoms with Crippen LogP contribution in [0.4, 0.5) is 0 Å². The molecule has 0 radical (unpaired) electrons. The van der Waals surface area contributed by atoms with Gasteiger partial charge in [0.15, 0.2) is 0 Å². The van der Waals surface area contributed by atoms with Crippen molar-refractivity contribution in [3.05, 3.63) is 181 Å². The number of rotatable bonds is 6. The van der Waals surface area contributed by atoms with Crippen molar-refractivity contribution in [3.63, 3.8) is 0 Å². The molecular formula is C51H50Cl4Zr. The van der Waals surface area contributed by atoms with Gasteiger partial charge in [0.1, 0.15) is 0 Å². The normalized spacial score (nSPS) is 13.7. The fraction of sp³-hybridized carbons (Fsp3) is 0.196. The molecule has 0 bridgehead atoms. The van der Waals surface area contributed by atoms with Crippen LogP contribution in [0.5, 0.6) is 0 Å². The molecule has 56 heavy (non-hydrogen) atoms. The van der Waals surface area contributed by atoms with Crippen LogP contribution in [0.15, 0.2) is 149 Å².